The summed E-state index contributed by atoms with van der Waals surface area (Å²) in [4.78, 5) is 4.50. The van der Waals surface area contributed by atoms with Crippen molar-refractivity contribution >= 4 is 11.0 Å². The minimum Gasteiger partial charge on any atom is -0.459 e. The summed E-state index contributed by atoms with van der Waals surface area (Å²) in [5.41, 5.74) is 3.20. The van der Waals surface area contributed by atoms with Gasteiger partial charge >= 0.3 is 0 Å². The standard InChI is InChI=1S/C18H20N2O/c1-3-19-16(11-15-9-8-13(2)12-20-15)18-10-14-6-4-5-7-17(14)21-18/h4-10,12,16,19H,3,11H2,1-2H3. The fraction of sp³-hybridized carbons (Fsp3) is 0.278. The van der Waals surface area contributed by atoms with Gasteiger partial charge in [0, 0.05) is 23.7 Å². The van der Waals surface area contributed by atoms with E-state index in [-0.39, 0.29) is 6.04 Å². The quantitative estimate of drug-likeness (QED) is 0.766. The minimum atomic E-state index is 0.151. The van der Waals surface area contributed by atoms with Crippen molar-refractivity contribution in [2.45, 2.75) is 26.3 Å². The molecular formula is C18H20N2O. The zero-order valence-corrected chi connectivity index (χ0v) is 12.5. The Labute approximate surface area is 125 Å². The van der Waals surface area contributed by atoms with E-state index in [1.165, 1.54) is 5.56 Å². The van der Waals surface area contributed by atoms with Crippen molar-refractivity contribution in [3.63, 3.8) is 0 Å². The molecule has 0 radical (unpaired) electrons. The molecule has 2 aromatic heterocycles. The van der Waals surface area contributed by atoms with Crippen LogP contribution in [-0.2, 0) is 6.42 Å². The number of nitrogens with one attached hydrogen (secondary N) is 1. The van der Waals surface area contributed by atoms with Gasteiger partial charge in [0.05, 0.1) is 6.04 Å². The summed E-state index contributed by atoms with van der Waals surface area (Å²) in [5.74, 6) is 0.973. The van der Waals surface area contributed by atoms with Gasteiger partial charge in [0.15, 0.2) is 0 Å². The van der Waals surface area contributed by atoms with Crippen LogP contribution < -0.4 is 5.32 Å². The monoisotopic (exact) mass is 280 g/mol. The Hall–Kier alpha value is -2.13. The van der Waals surface area contributed by atoms with Gasteiger partial charge in [-0.2, -0.15) is 0 Å². The van der Waals surface area contributed by atoms with Crippen LogP contribution in [0.2, 0.25) is 0 Å². The second kappa shape index (κ2) is 6.10. The largest absolute Gasteiger partial charge is 0.459 e. The molecule has 2 heterocycles. The zero-order valence-electron chi connectivity index (χ0n) is 12.5. The maximum Gasteiger partial charge on any atom is 0.134 e. The predicted octanol–water partition coefficient (Wildman–Crippen LogP) is 4.03. The Bertz CT molecular complexity index is 682. The van der Waals surface area contributed by atoms with E-state index in [9.17, 15) is 0 Å². The van der Waals surface area contributed by atoms with Crippen LogP contribution in [0.3, 0.4) is 0 Å². The predicted molar refractivity (Wildman–Crippen MR) is 85.3 cm³/mol. The molecule has 0 amide bonds. The van der Waals surface area contributed by atoms with E-state index >= 15 is 0 Å². The van der Waals surface area contributed by atoms with Crippen molar-refractivity contribution in [1.82, 2.24) is 10.3 Å². The van der Waals surface area contributed by atoms with Gasteiger partial charge in [0.1, 0.15) is 11.3 Å². The number of rotatable bonds is 5. The highest BCUT2D eigenvalue weighted by molar-refractivity contribution is 5.77. The van der Waals surface area contributed by atoms with Crippen LogP contribution in [0.25, 0.3) is 11.0 Å². The maximum absolute atomic E-state index is 5.99. The first-order valence-corrected chi connectivity index (χ1v) is 7.39. The lowest BCUT2D eigenvalue weighted by Crippen LogP contribution is -2.22. The molecule has 0 spiro atoms. The van der Waals surface area contributed by atoms with Crippen LogP contribution in [0.4, 0.5) is 0 Å². The molecule has 1 aromatic carbocycles. The van der Waals surface area contributed by atoms with Gasteiger partial charge in [-0.25, -0.2) is 0 Å². The molecule has 0 aliphatic heterocycles. The molecular weight excluding hydrogens is 260 g/mol. The number of para-hydroxylation sites is 1. The van der Waals surface area contributed by atoms with Crippen molar-refractivity contribution in [2.24, 2.45) is 0 Å². The fourth-order valence-electron chi connectivity index (χ4n) is 2.52. The number of pyridine rings is 1. The third-order valence-corrected chi connectivity index (χ3v) is 3.62. The van der Waals surface area contributed by atoms with Crippen LogP contribution in [0.5, 0.6) is 0 Å². The number of hydrogen-bond acceptors (Lipinski definition) is 3. The molecule has 0 aliphatic carbocycles. The average Bonchev–Trinajstić information content (AvgIpc) is 2.93. The average molecular weight is 280 g/mol. The Kier molecular flexibility index (Phi) is 4.02. The summed E-state index contributed by atoms with van der Waals surface area (Å²) in [5, 5.41) is 4.63. The second-order valence-electron chi connectivity index (χ2n) is 5.33. The van der Waals surface area contributed by atoms with Gasteiger partial charge in [0.2, 0.25) is 0 Å². The lowest BCUT2D eigenvalue weighted by Gasteiger charge is -2.15. The maximum atomic E-state index is 5.99. The lowest BCUT2D eigenvalue weighted by molar-refractivity contribution is 0.432. The number of fused-ring (bicyclic) bond motifs is 1. The second-order valence-corrected chi connectivity index (χ2v) is 5.33. The molecule has 1 unspecified atom stereocenters. The molecule has 108 valence electrons. The van der Waals surface area contributed by atoms with E-state index in [4.69, 9.17) is 4.42 Å². The first kappa shape index (κ1) is 13.8. The summed E-state index contributed by atoms with van der Waals surface area (Å²) in [6.45, 7) is 5.06. The molecule has 1 atom stereocenters. The van der Waals surface area contributed by atoms with Gasteiger partial charge in [-0.05, 0) is 37.2 Å². The Morgan fingerprint density at radius 3 is 2.76 bits per heavy atom. The zero-order chi connectivity index (χ0) is 14.7. The fourth-order valence-corrected chi connectivity index (χ4v) is 2.52. The van der Waals surface area contributed by atoms with E-state index in [0.717, 1.165) is 35.4 Å². The van der Waals surface area contributed by atoms with Crippen LogP contribution in [-0.4, -0.2) is 11.5 Å². The normalized spacial score (nSPS) is 12.7. The number of nitrogens with zero attached hydrogens (tertiary/aromatic N) is 1. The third-order valence-electron chi connectivity index (χ3n) is 3.62. The van der Waals surface area contributed by atoms with Crippen LogP contribution in [0.15, 0.2) is 53.1 Å². The summed E-state index contributed by atoms with van der Waals surface area (Å²) >= 11 is 0. The van der Waals surface area contributed by atoms with E-state index in [1.807, 2.05) is 24.4 Å². The molecule has 0 saturated heterocycles. The van der Waals surface area contributed by atoms with Gasteiger partial charge in [-0.1, -0.05) is 31.2 Å². The number of hydrogen-bond donors (Lipinski definition) is 1. The van der Waals surface area contributed by atoms with E-state index in [1.54, 1.807) is 0 Å². The highest BCUT2D eigenvalue weighted by Gasteiger charge is 2.16. The minimum absolute atomic E-state index is 0.151. The van der Waals surface area contributed by atoms with Crippen molar-refractivity contribution in [1.29, 1.82) is 0 Å². The van der Waals surface area contributed by atoms with E-state index in [2.05, 4.69) is 48.4 Å². The van der Waals surface area contributed by atoms with E-state index < -0.39 is 0 Å². The number of likely N-dealkylation sites (N-methyl/N-ethyl adjacent to an activating group) is 1. The first-order valence-electron chi connectivity index (χ1n) is 7.39. The molecule has 1 N–H and O–H groups in total. The Morgan fingerprint density at radius 2 is 2.05 bits per heavy atom. The summed E-state index contributed by atoms with van der Waals surface area (Å²) in [6.07, 6.45) is 2.74. The molecule has 0 saturated carbocycles. The van der Waals surface area contributed by atoms with Crippen molar-refractivity contribution in [3.05, 3.63) is 65.7 Å². The molecule has 3 nitrogen and oxygen atoms in total. The van der Waals surface area contributed by atoms with Gasteiger partial charge in [0.25, 0.3) is 0 Å². The molecule has 21 heavy (non-hydrogen) atoms. The van der Waals surface area contributed by atoms with Crippen LogP contribution in [0.1, 0.15) is 30.0 Å². The molecule has 3 rings (SSSR count). The van der Waals surface area contributed by atoms with Crippen molar-refractivity contribution in [3.8, 4) is 0 Å². The number of aromatic nitrogens is 1. The summed E-state index contributed by atoms with van der Waals surface area (Å²) in [6, 6.07) is 14.6. The topological polar surface area (TPSA) is 38.1 Å². The molecule has 0 aliphatic rings. The van der Waals surface area contributed by atoms with Gasteiger partial charge in [-0.3, -0.25) is 4.98 Å². The highest BCUT2D eigenvalue weighted by atomic mass is 16.3. The third kappa shape index (κ3) is 3.14. The smallest absolute Gasteiger partial charge is 0.134 e. The number of aryl methyl sites for hydroxylation is 1. The first-order chi connectivity index (χ1) is 10.3. The van der Waals surface area contributed by atoms with Gasteiger partial charge < -0.3 is 9.73 Å². The van der Waals surface area contributed by atoms with Gasteiger partial charge in [-0.15, -0.1) is 0 Å². The number of benzene rings is 1. The molecule has 3 aromatic rings. The lowest BCUT2D eigenvalue weighted by atomic mass is 10.1. The Balaban J connectivity index is 1.87. The van der Waals surface area contributed by atoms with Crippen molar-refractivity contribution < 1.29 is 4.42 Å². The summed E-state index contributed by atoms with van der Waals surface area (Å²) < 4.78 is 5.99. The molecule has 0 fully saturated rings. The van der Waals surface area contributed by atoms with Crippen LogP contribution >= 0.6 is 0 Å². The SMILES string of the molecule is CCNC(Cc1ccc(C)cn1)c1cc2ccccc2o1. The molecule has 3 heteroatoms. The molecule has 0 bridgehead atoms. The number of furan rings is 1. The summed E-state index contributed by atoms with van der Waals surface area (Å²) in [7, 11) is 0. The van der Waals surface area contributed by atoms with Crippen molar-refractivity contribution in [2.75, 3.05) is 6.54 Å². The van der Waals surface area contributed by atoms with E-state index in [0.29, 0.717) is 0 Å². The highest BCUT2D eigenvalue weighted by Crippen LogP contribution is 2.25. The van der Waals surface area contributed by atoms with Crippen LogP contribution in [0, 0.1) is 6.92 Å². The Morgan fingerprint density at radius 1 is 1.19 bits per heavy atom.